The average molecular weight is 319 g/mol. The van der Waals surface area contributed by atoms with Gasteiger partial charge in [-0.1, -0.05) is 13.8 Å². The van der Waals surface area contributed by atoms with Crippen LogP contribution in [0.25, 0.3) is 0 Å². The molecule has 1 rings (SSSR count). The van der Waals surface area contributed by atoms with E-state index in [-0.39, 0.29) is 11.9 Å². The number of halogens is 2. The van der Waals surface area contributed by atoms with Crippen molar-refractivity contribution in [1.29, 1.82) is 0 Å². The molecule has 0 aliphatic rings. The van der Waals surface area contributed by atoms with Gasteiger partial charge in [0.05, 0.1) is 6.61 Å². The van der Waals surface area contributed by atoms with Crippen molar-refractivity contribution in [3.63, 3.8) is 0 Å². The number of methoxy groups -OCH3 is 1. The largest absolute Gasteiger partial charge is 0.383 e. The summed E-state index contributed by atoms with van der Waals surface area (Å²) in [5.41, 5.74) is 0. The summed E-state index contributed by atoms with van der Waals surface area (Å²) < 4.78 is 19.7. The van der Waals surface area contributed by atoms with Crippen molar-refractivity contribution in [2.24, 2.45) is 0 Å². The predicted octanol–water partition coefficient (Wildman–Crippen LogP) is 3.62. The molecule has 0 saturated carbocycles. The molecule has 0 aliphatic carbocycles. The molecule has 0 bridgehead atoms. The lowest BCUT2D eigenvalue weighted by Gasteiger charge is -2.31. The maximum absolute atomic E-state index is 14.0. The smallest absolute Gasteiger partial charge is 0.166 e. The summed E-state index contributed by atoms with van der Waals surface area (Å²) in [7, 11) is 1.65. The van der Waals surface area contributed by atoms with Gasteiger partial charge in [-0.2, -0.15) is 0 Å². The number of hydrogen-bond acceptors (Lipinski definition) is 3. The van der Waals surface area contributed by atoms with Crippen LogP contribution in [0.4, 0.5) is 10.2 Å². The molecule has 1 aromatic heterocycles. The minimum atomic E-state index is -0.299. The van der Waals surface area contributed by atoms with E-state index in [0.29, 0.717) is 23.4 Å². The zero-order valence-electron chi connectivity index (χ0n) is 11.1. The fourth-order valence-electron chi connectivity index (χ4n) is 2.00. The minimum absolute atomic E-state index is 0.281. The van der Waals surface area contributed by atoms with E-state index in [1.807, 2.05) is 4.90 Å². The number of nitrogens with zero attached hydrogens (tertiary/aromatic N) is 2. The van der Waals surface area contributed by atoms with Crippen molar-refractivity contribution < 1.29 is 9.13 Å². The van der Waals surface area contributed by atoms with E-state index < -0.39 is 0 Å². The van der Waals surface area contributed by atoms with Crippen LogP contribution in [0.1, 0.15) is 26.7 Å². The lowest BCUT2D eigenvalue weighted by Crippen LogP contribution is -2.38. The molecule has 3 nitrogen and oxygen atoms in total. The molecule has 0 amide bonds. The summed E-state index contributed by atoms with van der Waals surface area (Å²) in [5, 5.41) is 0. The summed E-state index contributed by atoms with van der Waals surface area (Å²) >= 11 is 3.22. The maximum Gasteiger partial charge on any atom is 0.166 e. The monoisotopic (exact) mass is 318 g/mol. The Labute approximate surface area is 116 Å². The topological polar surface area (TPSA) is 25.4 Å². The van der Waals surface area contributed by atoms with Crippen molar-refractivity contribution in [2.75, 3.05) is 25.2 Å². The van der Waals surface area contributed by atoms with Gasteiger partial charge in [-0.3, -0.25) is 0 Å². The van der Waals surface area contributed by atoms with Gasteiger partial charge in [0.25, 0.3) is 0 Å². The van der Waals surface area contributed by atoms with Gasteiger partial charge >= 0.3 is 0 Å². The van der Waals surface area contributed by atoms with E-state index in [1.54, 1.807) is 13.3 Å². The Kier molecular flexibility index (Phi) is 6.57. The van der Waals surface area contributed by atoms with Crippen molar-refractivity contribution in [3.8, 4) is 0 Å². The zero-order chi connectivity index (χ0) is 13.5. The van der Waals surface area contributed by atoms with Crippen LogP contribution in [0.2, 0.25) is 0 Å². The van der Waals surface area contributed by atoms with Crippen LogP contribution in [0, 0.1) is 5.82 Å². The minimum Gasteiger partial charge on any atom is -0.383 e. The Morgan fingerprint density at radius 3 is 2.61 bits per heavy atom. The highest BCUT2D eigenvalue weighted by atomic mass is 79.9. The lowest BCUT2D eigenvalue weighted by molar-refractivity contribution is 0.202. The first kappa shape index (κ1) is 15.4. The van der Waals surface area contributed by atoms with Gasteiger partial charge in [0, 0.05) is 30.4 Å². The molecular formula is C13H20BrFN2O. The van der Waals surface area contributed by atoms with Gasteiger partial charge in [-0.15, -0.1) is 0 Å². The summed E-state index contributed by atoms with van der Waals surface area (Å²) in [5.74, 6) is 0.108. The van der Waals surface area contributed by atoms with Crippen LogP contribution < -0.4 is 4.90 Å². The zero-order valence-corrected chi connectivity index (χ0v) is 12.7. The molecule has 0 radical (unpaired) electrons. The Morgan fingerprint density at radius 2 is 2.11 bits per heavy atom. The van der Waals surface area contributed by atoms with Crippen LogP contribution in [-0.4, -0.2) is 31.3 Å². The highest BCUT2D eigenvalue weighted by Crippen LogP contribution is 2.23. The summed E-state index contributed by atoms with van der Waals surface area (Å²) in [6.07, 6.45) is 3.54. The van der Waals surface area contributed by atoms with E-state index in [0.717, 1.165) is 12.8 Å². The van der Waals surface area contributed by atoms with Gasteiger partial charge in [0.1, 0.15) is 0 Å². The predicted molar refractivity (Wildman–Crippen MR) is 75.5 cm³/mol. The molecule has 0 fully saturated rings. The third-order valence-corrected chi connectivity index (χ3v) is 3.41. The number of anilines is 1. The maximum atomic E-state index is 14.0. The fraction of sp³-hybridized carbons (Fsp3) is 0.615. The number of aromatic nitrogens is 1. The number of ether oxygens (including phenoxy) is 1. The highest BCUT2D eigenvalue weighted by Gasteiger charge is 2.20. The molecule has 1 heterocycles. The summed E-state index contributed by atoms with van der Waals surface area (Å²) in [6.45, 7) is 5.41. The van der Waals surface area contributed by atoms with E-state index in [4.69, 9.17) is 4.74 Å². The summed E-state index contributed by atoms with van der Waals surface area (Å²) in [6, 6.07) is 1.73. The van der Waals surface area contributed by atoms with Crippen LogP contribution in [0.3, 0.4) is 0 Å². The molecule has 0 aliphatic heterocycles. The molecule has 1 aromatic rings. The Balaban J connectivity index is 3.00. The molecule has 102 valence electrons. The quantitative estimate of drug-likeness (QED) is 0.767. The molecule has 0 aromatic carbocycles. The Morgan fingerprint density at radius 1 is 1.44 bits per heavy atom. The fourth-order valence-corrected chi connectivity index (χ4v) is 2.30. The third kappa shape index (κ3) is 3.92. The molecule has 0 saturated heterocycles. The van der Waals surface area contributed by atoms with Crippen LogP contribution >= 0.6 is 15.9 Å². The number of rotatable bonds is 7. The lowest BCUT2D eigenvalue weighted by atomic mass is 10.1. The second-order valence-electron chi connectivity index (χ2n) is 4.12. The standard InChI is InChI=1S/C13H20BrFN2O/c1-4-11(5-2)17(6-7-18-3)13-12(15)8-10(14)9-16-13/h8-9,11H,4-7H2,1-3H3. The first-order valence-electron chi connectivity index (χ1n) is 6.20. The van der Waals surface area contributed by atoms with Crippen molar-refractivity contribution >= 4 is 21.7 Å². The second kappa shape index (κ2) is 7.69. The number of pyridine rings is 1. The van der Waals surface area contributed by atoms with Crippen LogP contribution in [0.15, 0.2) is 16.7 Å². The highest BCUT2D eigenvalue weighted by molar-refractivity contribution is 9.10. The number of hydrogen-bond donors (Lipinski definition) is 0. The Hall–Kier alpha value is -0.680. The van der Waals surface area contributed by atoms with Gasteiger partial charge in [0.2, 0.25) is 0 Å². The molecule has 0 spiro atoms. The van der Waals surface area contributed by atoms with Crippen LogP contribution in [0.5, 0.6) is 0 Å². The van der Waals surface area contributed by atoms with Gasteiger partial charge < -0.3 is 9.64 Å². The molecular weight excluding hydrogens is 299 g/mol. The van der Waals surface area contributed by atoms with E-state index in [9.17, 15) is 4.39 Å². The molecule has 0 N–H and O–H groups in total. The molecule has 5 heteroatoms. The molecule has 18 heavy (non-hydrogen) atoms. The normalized spacial score (nSPS) is 11.0. The van der Waals surface area contributed by atoms with Crippen molar-refractivity contribution in [2.45, 2.75) is 32.7 Å². The van der Waals surface area contributed by atoms with Gasteiger partial charge in [-0.25, -0.2) is 9.37 Å². The van der Waals surface area contributed by atoms with Gasteiger partial charge in [0.15, 0.2) is 11.6 Å². The first-order valence-corrected chi connectivity index (χ1v) is 6.99. The second-order valence-corrected chi connectivity index (χ2v) is 5.03. The van der Waals surface area contributed by atoms with E-state index >= 15 is 0 Å². The molecule has 0 unspecified atom stereocenters. The van der Waals surface area contributed by atoms with Gasteiger partial charge in [-0.05, 0) is 34.8 Å². The Bertz CT molecular complexity index is 372. The van der Waals surface area contributed by atoms with Crippen molar-refractivity contribution in [3.05, 3.63) is 22.6 Å². The average Bonchev–Trinajstić information content (AvgIpc) is 2.35. The SMILES string of the molecule is CCC(CC)N(CCOC)c1ncc(Br)cc1F. The molecule has 0 atom stereocenters. The van der Waals surface area contributed by atoms with Crippen LogP contribution in [-0.2, 0) is 4.74 Å². The third-order valence-electron chi connectivity index (χ3n) is 2.98. The summed E-state index contributed by atoms with van der Waals surface area (Å²) in [4.78, 5) is 6.19. The van der Waals surface area contributed by atoms with Crippen molar-refractivity contribution in [1.82, 2.24) is 4.98 Å². The van der Waals surface area contributed by atoms with E-state index in [1.165, 1.54) is 6.07 Å². The van der Waals surface area contributed by atoms with E-state index in [2.05, 4.69) is 34.8 Å². The first-order chi connectivity index (χ1) is 8.63.